The Kier molecular flexibility index (Phi) is 9.72. The Balaban J connectivity index is 1.61. The summed E-state index contributed by atoms with van der Waals surface area (Å²) in [5, 5.41) is 8.64. The summed E-state index contributed by atoms with van der Waals surface area (Å²) in [5.74, 6) is 0. The van der Waals surface area contributed by atoms with E-state index < -0.39 is 0 Å². The standard InChI is InChI=1S/C15H30O2/c16-13-11-9-7-5-3-1-2-4-6-8-10-12-15-14-17-15/h15-16H,1-14H2. The monoisotopic (exact) mass is 242 g/mol. The lowest BCUT2D eigenvalue weighted by atomic mass is 10.0. The van der Waals surface area contributed by atoms with Crippen LogP contribution in [0.2, 0.25) is 0 Å². The van der Waals surface area contributed by atoms with Gasteiger partial charge < -0.3 is 9.84 Å². The number of aliphatic hydroxyl groups excluding tert-OH is 1. The largest absolute Gasteiger partial charge is 0.396 e. The maximum absolute atomic E-state index is 8.64. The Bertz CT molecular complexity index is 155. The van der Waals surface area contributed by atoms with Crippen molar-refractivity contribution in [3.05, 3.63) is 0 Å². The van der Waals surface area contributed by atoms with Crippen LogP contribution in [0.1, 0.15) is 77.0 Å². The van der Waals surface area contributed by atoms with Gasteiger partial charge in [0.2, 0.25) is 0 Å². The van der Waals surface area contributed by atoms with Crippen molar-refractivity contribution < 1.29 is 9.84 Å². The van der Waals surface area contributed by atoms with E-state index in [1.807, 2.05) is 0 Å². The molecule has 0 aliphatic carbocycles. The fourth-order valence-corrected chi connectivity index (χ4v) is 2.31. The number of unbranched alkanes of at least 4 members (excludes halogenated alkanes) is 10. The molecule has 0 aromatic rings. The van der Waals surface area contributed by atoms with Crippen LogP contribution in [-0.2, 0) is 4.74 Å². The zero-order chi connectivity index (χ0) is 12.2. The maximum atomic E-state index is 8.64. The molecule has 0 bridgehead atoms. The summed E-state index contributed by atoms with van der Waals surface area (Å²) in [6.45, 7) is 1.39. The zero-order valence-corrected chi connectivity index (χ0v) is 11.3. The van der Waals surface area contributed by atoms with Gasteiger partial charge in [0.15, 0.2) is 0 Å². The van der Waals surface area contributed by atoms with Crippen LogP contribution in [0.5, 0.6) is 0 Å². The van der Waals surface area contributed by atoms with Crippen LogP contribution >= 0.6 is 0 Å². The van der Waals surface area contributed by atoms with Crippen LogP contribution < -0.4 is 0 Å². The third-order valence-electron chi connectivity index (χ3n) is 3.59. The van der Waals surface area contributed by atoms with Gasteiger partial charge in [-0.25, -0.2) is 0 Å². The Morgan fingerprint density at radius 2 is 1.12 bits per heavy atom. The minimum absolute atomic E-state index is 0.367. The van der Waals surface area contributed by atoms with Gasteiger partial charge in [-0.2, -0.15) is 0 Å². The highest BCUT2D eigenvalue weighted by Crippen LogP contribution is 2.18. The van der Waals surface area contributed by atoms with Crippen LogP contribution in [0.15, 0.2) is 0 Å². The molecule has 1 fully saturated rings. The summed E-state index contributed by atoms with van der Waals surface area (Å²) in [4.78, 5) is 0. The summed E-state index contributed by atoms with van der Waals surface area (Å²) in [6.07, 6.45) is 16.6. The number of rotatable bonds is 13. The second kappa shape index (κ2) is 11.0. The van der Waals surface area contributed by atoms with Crippen LogP contribution in [0.4, 0.5) is 0 Å². The summed E-state index contributed by atoms with van der Waals surface area (Å²) >= 11 is 0. The van der Waals surface area contributed by atoms with Gasteiger partial charge in [-0.15, -0.1) is 0 Å². The summed E-state index contributed by atoms with van der Waals surface area (Å²) in [7, 11) is 0. The normalized spacial score (nSPS) is 18.5. The maximum Gasteiger partial charge on any atom is 0.0810 e. The predicted molar refractivity (Wildman–Crippen MR) is 72.2 cm³/mol. The van der Waals surface area contributed by atoms with Gasteiger partial charge in [0.1, 0.15) is 0 Å². The molecule has 1 aliphatic heterocycles. The number of ether oxygens (including phenoxy) is 1. The molecule has 0 saturated carbocycles. The van der Waals surface area contributed by atoms with Crippen LogP contribution in [0.3, 0.4) is 0 Å². The molecular weight excluding hydrogens is 212 g/mol. The SMILES string of the molecule is OCCCCCCCCCCCCCC1CO1. The third kappa shape index (κ3) is 10.8. The van der Waals surface area contributed by atoms with E-state index in [1.54, 1.807) is 0 Å². The average Bonchev–Trinajstić information content (AvgIpc) is 3.15. The molecule has 1 heterocycles. The Morgan fingerprint density at radius 3 is 1.53 bits per heavy atom. The van der Waals surface area contributed by atoms with Crippen molar-refractivity contribution >= 4 is 0 Å². The molecule has 1 unspecified atom stereocenters. The van der Waals surface area contributed by atoms with E-state index in [9.17, 15) is 0 Å². The molecule has 102 valence electrons. The Labute approximate surface area is 107 Å². The minimum Gasteiger partial charge on any atom is -0.396 e. The van der Waals surface area contributed by atoms with Crippen molar-refractivity contribution in [2.24, 2.45) is 0 Å². The lowest BCUT2D eigenvalue weighted by Gasteiger charge is -2.02. The van der Waals surface area contributed by atoms with Gasteiger partial charge in [0, 0.05) is 6.61 Å². The molecule has 1 rings (SSSR count). The number of epoxide rings is 1. The fraction of sp³-hybridized carbons (Fsp3) is 1.00. The summed E-state index contributed by atoms with van der Waals surface area (Å²) in [6, 6.07) is 0. The number of aliphatic hydroxyl groups is 1. The van der Waals surface area contributed by atoms with Crippen molar-refractivity contribution in [1.82, 2.24) is 0 Å². The van der Waals surface area contributed by atoms with Gasteiger partial charge >= 0.3 is 0 Å². The third-order valence-corrected chi connectivity index (χ3v) is 3.59. The van der Waals surface area contributed by atoms with Gasteiger partial charge in [-0.3, -0.25) is 0 Å². The molecule has 1 atom stereocenters. The first kappa shape index (κ1) is 15.0. The van der Waals surface area contributed by atoms with Crippen LogP contribution in [0.25, 0.3) is 0 Å². The first-order valence-corrected chi connectivity index (χ1v) is 7.66. The highest BCUT2D eigenvalue weighted by Gasteiger charge is 2.20. The minimum atomic E-state index is 0.367. The summed E-state index contributed by atoms with van der Waals surface area (Å²) < 4.78 is 5.19. The predicted octanol–water partition coefficient (Wildman–Crippen LogP) is 4.06. The molecule has 0 radical (unpaired) electrons. The lowest BCUT2D eigenvalue weighted by molar-refractivity contribution is 0.282. The van der Waals surface area contributed by atoms with Crippen LogP contribution in [-0.4, -0.2) is 24.4 Å². The fourth-order valence-electron chi connectivity index (χ4n) is 2.31. The molecule has 1 saturated heterocycles. The van der Waals surface area contributed by atoms with E-state index in [0.29, 0.717) is 12.7 Å². The molecule has 0 amide bonds. The lowest BCUT2D eigenvalue weighted by Crippen LogP contribution is -1.86. The molecule has 0 aromatic carbocycles. The van der Waals surface area contributed by atoms with E-state index in [0.717, 1.165) is 13.0 Å². The average molecular weight is 242 g/mol. The number of hydrogen-bond acceptors (Lipinski definition) is 2. The molecular formula is C15H30O2. The summed E-state index contributed by atoms with van der Waals surface area (Å²) in [5.41, 5.74) is 0. The molecule has 2 nitrogen and oxygen atoms in total. The van der Waals surface area contributed by atoms with Crippen LogP contribution in [0, 0.1) is 0 Å². The van der Waals surface area contributed by atoms with Crippen molar-refractivity contribution in [2.75, 3.05) is 13.2 Å². The van der Waals surface area contributed by atoms with E-state index >= 15 is 0 Å². The van der Waals surface area contributed by atoms with Gasteiger partial charge in [0.25, 0.3) is 0 Å². The second-order valence-electron chi connectivity index (χ2n) is 5.36. The number of hydrogen-bond donors (Lipinski definition) is 1. The van der Waals surface area contributed by atoms with Crippen molar-refractivity contribution in [2.45, 2.75) is 83.2 Å². The van der Waals surface area contributed by atoms with Crippen molar-refractivity contribution in [1.29, 1.82) is 0 Å². The van der Waals surface area contributed by atoms with Crippen molar-refractivity contribution in [3.63, 3.8) is 0 Å². The first-order chi connectivity index (χ1) is 8.43. The molecule has 17 heavy (non-hydrogen) atoms. The highest BCUT2D eigenvalue weighted by atomic mass is 16.6. The van der Waals surface area contributed by atoms with Gasteiger partial charge in [-0.1, -0.05) is 64.2 Å². The van der Waals surface area contributed by atoms with E-state index in [-0.39, 0.29) is 0 Å². The van der Waals surface area contributed by atoms with Crippen molar-refractivity contribution in [3.8, 4) is 0 Å². The highest BCUT2D eigenvalue weighted by molar-refractivity contribution is 4.68. The molecule has 1 aliphatic rings. The van der Waals surface area contributed by atoms with Gasteiger partial charge in [-0.05, 0) is 12.8 Å². The second-order valence-corrected chi connectivity index (χ2v) is 5.36. The molecule has 2 heteroatoms. The molecule has 0 aromatic heterocycles. The van der Waals surface area contributed by atoms with E-state index in [4.69, 9.17) is 9.84 Å². The Hall–Kier alpha value is -0.0800. The molecule has 0 spiro atoms. The van der Waals surface area contributed by atoms with E-state index in [2.05, 4.69) is 0 Å². The van der Waals surface area contributed by atoms with E-state index in [1.165, 1.54) is 70.6 Å². The zero-order valence-electron chi connectivity index (χ0n) is 11.3. The first-order valence-electron chi connectivity index (χ1n) is 7.66. The molecule has 1 N–H and O–H groups in total. The Morgan fingerprint density at radius 1 is 0.706 bits per heavy atom. The topological polar surface area (TPSA) is 32.8 Å². The quantitative estimate of drug-likeness (QED) is 0.390. The van der Waals surface area contributed by atoms with Gasteiger partial charge in [0.05, 0.1) is 12.7 Å². The smallest absolute Gasteiger partial charge is 0.0810 e.